The first-order valence-electron chi connectivity index (χ1n) is 6.67. The maximum absolute atomic E-state index is 10.4. The molecule has 3 nitrogen and oxygen atoms in total. The molecule has 3 heteroatoms. The summed E-state index contributed by atoms with van der Waals surface area (Å²) < 4.78 is 0. The molecule has 0 bridgehead atoms. The first kappa shape index (κ1) is 13.9. The van der Waals surface area contributed by atoms with Gasteiger partial charge in [-0.05, 0) is 32.2 Å². The number of hydrogen-bond donors (Lipinski definition) is 3. The summed E-state index contributed by atoms with van der Waals surface area (Å²) in [6.07, 6.45) is 6.03. The Morgan fingerprint density at radius 3 is 2.50 bits per heavy atom. The van der Waals surface area contributed by atoms with Crippen molar-refractivity contribution in [2.24, 2.45) is 5.92 Å². The van der Waals surface area contributed by atoms with Gasteiger partial charge in [0.15, 0.2) is 0 Å². The van der Waals surface area contributed by atoms with Gasteiger partial charge >= 0.3 is 0 Å². The zero-order valence-electron chi connectivity index (χ0n) is 10.7. The second-order valence-electron chi connectivity index (χ2n) is 5.36. The van der Waals surface area contributed by atoms with Crippen LogP contribution in [-0.4, -0.2) is 35.0 Å². The maximum atomic E-state index is 10.4. The van der Waals surface area contributed by atoms with Gasteiger partial charge in [0, 0.05) is 13.0 Å². The number of aliphatic hydroxyl groups excluding tert-OH is 1. The van der Waals surface area contributed by atoms with Crippen molar-refractivity contribution in [3.8, 4) is 0 Å². The van der Waals surface area contributed by atoms with E-state index in [1.165, 1.54) is 19.3 Å². The van der Waals surface area contributed by atoms with Gasteiger partial charge in [-0.25, -0.2) is 0 Å². The number of nitrogens with one attached hydrogen (secondary N) is 1. The molecule has 0 aromatic rings. The Bertz CT molecular complexity index is 188. The molecule has 0 heterocycles. The van der Waals surface area contributed by atoms with E-state index >= 15 is 0 Å². The zero-order chi connectivity index (χ0) is 12.0. The third-order valence-electron chi connectivity index (χ3n) is 3.76. The molecule has 1 aliphatic rings. The van der Waals surface area contributed by atoms with E-state index in [1.807, 2.05) is 13.8 Å². The van der Waals surface area contributed by atoms with Crippen LogP contribution in [0.25, 0.3) is 0 Å². The highest BCUT2D eigenvalue weighted by Crippen LogP contribution is 2.35. The molecule has 3 N–H and O–H groups in total. The van der Waals surface area contributed by atoms with Crippen molar-refractivity contribution in [3.63, 3.8) is 0 Å². The lowest BCUT2D eigenvalue weighted by atomic mass is 9.75. The van der Waals surface area contributed by atoms with Crippen LogP contribution in [0.15, 0.2) is 0 Å². The lowest BCUT2D eigenvalue weighted by molar-refractivity contribution is -0.0522. The summed E-state index contributed by atoms with van der Waals surface area (Å²) in [7, 11) is 0. The van der Waals surface area contributed by atoms with Gasteiger partial charge in [-0.1, -0.05) is 26.2 Å². The Balaban J connectivity index is 2.36. The number of likely N-dealkylation sites (N-methyl/N-ethyl adjacent to an activating group) is 1. The van der Waals surface area contributed by atoms with Crippen LogP contribution in [0.5, 0.6) is 0 Å². The fraction of sp³-hybridized carbons (Fsp3) is 1.00. The van der Waals surface area contributed by atoms with Crippen LogP contribution in [0.4, 0.5) is 0 Å². The average Bonchev–Trinajstić information content (AvgIpc) is 2.27. The predicted molar refractivity (Wildman–Crippen MR) is 66.4 cm³/mol. The molecule has 96 valence electrons. The average molecular weight is 229 g/mol. The van der Waals surface area contributed by atoms with Gasteiger partial charge in [0.1, 0.15) is 0 Å². The van der Waals surface area contributed by atoms with Crippen molar-refractivity contribution in [2.45, 2.75) is 64.1 Å². The van der Waals surface area contributed by atoms with E-state index in [4.69, 9.17) is 0 Å². The fourth-order valence-electron chi connectivity index (χ4n) is 2.75. The third-order valence-corrected chi connectivity index (χ3v) is 3.76. The van der Waals surface area contributed by atoms with E-state index in [0.717, 1.165) is 19.4 Å². The molecule has 0 radical (unpaired) electrons. The van der Waals surface area contributed by atoms with Crippen molar-refractivity contribution in [1.29, 1.82) is 0 Å². The predicted octanol–water partition coefficient (Wildman–Crippen LogP) is 1.68. The monoisotopic (exact) mass is 229 g/mol. The van der Waals surface area contributed by atoms with Crippen LogP contribution in [0.3, 0.4) is 0 Å². The molecular weight excluding hydrogens is 202 g/mol. The highest BCUT2D eigenvalue weighted by Gasteiger charge is 2.34. The van der Waals surface area contributed by atoms with Crippen molar-refractivity contribution in [3.05, 3.63) is 0 Å². The summed E-state index contributed by atoms with van der Waals surface area (Å²) in [4.78, 5) is 0. The minimum Gasteiger partial charge on any atom is -0.392 e. The van der Waals surface area contributed by atoms with Crippen LogP contribution in [0.1, 0.15) is 52.4 Å². The van der Waals surface area contributed by atoms with E-state index < -0.39 is 11.7 Å². The molecule has 1 rings (SSSR count). The summed E-state index contributed by atoms with van der Waals surface area (Å²) in [5.74, 6) is 0.373. The van der Waals surface area contributed by atoms with E-state index in [1.54, 1.807) is 0 Å². The largest absolute Gasteiger partial charge is 0.392 e. The Morgan fingerprint density at radius 1 is 1.31 bits per heavy atom. The van der Waals surface area contributed by atoms with Gasteiger partial charge in [0.05, 0.1) is 11.7 Å². The Labute approximate surface area is 99.3 Å². The van der Waals surface area contributed by atoms with E-state index in [0.29, 0.717) is 18.9 Å². The second-order valence-corrected chi connectivity index (χ2v) is 5.36. The van der Waals surface area contributed by atoms with Crippen LogP contribution in [-0.2, 0) is 0 Å². The maximum Gasteiger partial charge on any atom is 0.0691 e. The number of aliphatic hydroxyl groups is 2. The summed E-state index contributed by atoms with van der Waals surface area (Å²) in [5.41, 5.74) is -0.699. The number of hydrogen-bond acceptors (Lipinski definition) is 3. The molecule has 16 heavy (non-hydrogen) atoms. The van der Waals surface area contributed by atoms with Crippen molar-refractivity contribution in [2.75, 3.05) is 13.1 Å². The molecule has 0 saturated heterocycles. The molecule has 0 amide bonds. The lowest BCUT2D eigenvalue weighted by Crippen LogP contribution is -2.41. The SMILES string of the molecule is CCNC[C@@H](O)C[C@@](C)(O)C1CCCCC1. The van der Waals surface area contributed by atoms with Gasteiger partial charge < -0.3 is 15.5 Å². The van der Waals surface area contributed by atoms with Gasteiger partial charge in [-0.15, -0.1) is 0 Å². The first-order valence-corrected chi connectivity index (χ1v) is 6.67. The molecule has 2 atom stereocenters. The third kappa shape index (κ3) is 4.40. The van der Waals surface area contributed by atoms with Gasteiger partial charge in [0.25, 0.3) is 0 Å². The Morgan fingerprint density at radius 2 is 1.94 bits per heavy atom. The molecule has 0 aromatic heterocycles. The summed E-state index contributed by atoms with van der Waals surface area (Å²) >= 11 is 0. The lowest BCUT2D eigenvalue weighted by Gasteiger charge is -2.37. The molecule has 0 spiro atoms. The number of rotatable bonds is 6. The summed E-state index contributed by atoms with van der Waals surface area (Å²) in [6, 6.07) is 0. The van der Waals surface area contributed by atoms with Gasteiger partial charge in [-0.2, -0.15) is 0 Å². The summed E-state index contributed by atoms with van der Waals surface area (Å²) in [5, 5.41) is 23.4. The smallest absolute Gasteiger partial charge is 0.0691 e. The van der Waals surface area contributed by atoms with E-state index in [-0.39, 0.29) is 0 Å². The van der Waals surface area contributed by atoms with Gasteiger partial charge in [-0.3, -0.25) is 0 Å². The zero-order valence-corrected chi connectivity index (χ0v) is 10.7. The van der Waals surface area contributed by atoms with Crippen molar-refractivity contribution >= 4 is 0 Å². The Kier molecular flexibility index (Phi) is 5.73. The summed E-state index contributed by atoms with van der Waals surface area (Å²) in [6.45, 7) is 5.35. The standard InChI is InChI=1S/C13H27NO2/c1-3-14-10-12(15)9-13(2,16)11-7-5-4-6-8-11/h11-12,14-16H,3-10H2,1-2H3/t12-,13+/m0/s1. The minimum atomic E-state index is -0.699. The first-order chi connectivity index (χ1) is 7.56. The minimum absolute atomic E-state index is 0.373. The van der Waals surface area contributed by atoms with Crippen LogP contribution in [0.2, 0.25) is 0 Å². The topological polar surface area (TPSA) is 52.5 Å². The molecule has 0 aliphatic heterocycles. The van der Waals surface area contributed by atoms with Crippen LogP contribution < -0.4 is 5.32 Å². The highest BCUT2D eigenvalue weighted by atomic mass is 16.3. The molecule has 0 unspecified atom stereocenters. The van der Waals surface area contributed by atoms with Crippen LogP contribution in [0, 0.1) is 5.92 Å². The Hall–Kier alpha value is -0.120. The highest BCUT2D eigenvalue weighted by molar-refractivity contribution is 4.86. The van der Waals surface area contributed by atoms with E-state index in [2.05, 4.69) is 5.32 Å². The normalized spacial score (nSPS) is 24.0. The van der Waals surface area contributed by atoms with Gasteiger partial charge in [0.2, 0.25) is 0 Å². The van der Waals surface area contributed by atoms with Crippen molar-refractivity contribution in [1.82, 2.24) is 5.32 Å². The molecule has 1 fully saturated rings. The molecular formula is C13H27NO2. The quantitative estimate of drug-likeness (QED) is 0.649. The van der Waals surface area contributed by atoms with E-state index in [9.17, 15) is 10.2 Å². The van der Waals surface area contributed by atoms with Crippen LogP contribution >= 0.6 is 0 Å². The molecule has 0 aromatic carbocycles. The molecule has 1 aliphatic carbocycles. The second kappa shape index (κ2) is 6.58. The fourth-order valence-corrected chi connectivity index (χ4v) is 2.75. The van der Waals surface area contributed by atoms with Crippen molar-refractivity contribution < 1.29 is 10.2 Å². The molecule has 1 saturated carbocycles.